The third kappa shape index (κ3) is 44.7. The summed E-state index contributed by atoms with van der Waals surface area (Å²) >= 11 is 24.6. The first kappa shape index (κ1) is 115. The summed E-state index contributed by atoms with van der Waals surface area (Å²) < 4.78 is 318. The van der Waals surface area contributed by atoms with Crippen LogP contribution in [0.2, 0.25) is 0 Å². The van der Waals surface area contributed by atoms with Crippen LogP contribution in [0, 0.1) is 13.8 Å². The van der Waals surface area contributed by atoms with Crippen LogP contribution >= 0.6 is 130 Å². The molecule has 2 heterocycles. The monoisotopic (exact) mass is 2170 g/mol. The summed E-state index contributed by atoms with van der Waals surface area (Å²) in [6, 6.07) is 10.0. The predicted molar refractivity (Wildman–Crippen MR) is 451 cm³/mol. The third-order valence-corrected chi connectivity index (χ3v) is 54.3. The number of primary amides is 1. The number of nitrogens with two attached hydrogens (primary N) is 2. The van der Waals surface area contributed by atoms with Crippen LogP contribution < -0.4 is 30.3 Å². The fourth-order valence-corrected chi connectivity index (χ4v) is 47.4. The molecule has 0 fully saturated rings. The summed E-state index contributed by atoms with van der Waals surface area (Å²) in [6.45, 7) is 4.90. The second kappa shape index (κ2) is 40.3. The minimum Gasteiger partial charge on any atom is -1.00 e. The Hall–Kier alpha value is -2.10. The number of aliphatic hydroxyl groups excluding tert-OH is 1. The van der Waals surface area contributed by atoms with E-state index in [0.29, 0.717) is 86.8 Å². The SMILES string of the molecule is COC(=O)CC(=O)C(C)Br.COC(=O)Cc1nc(-c2ccc(S(F)(F)(F)(F)F)cc2)sc1C.Cc1sc(-c2ccc(S(F)(F)(F)(F)F)cc2)nc1CCO.NC(=O)c1ccc(S(F)(F)(F)(F)F)cc1.NC(=S)c1ccc(S(F)(F)(F)(F)F)cc1.O=C(O)c1ccc(S(F)(F)(F)(F)F)cc1.S=PP(P=S)P=S=S=S=S=S=S=S=S.[AlH3].[H-].[Li+]. The molecule has 0 aliphatic heterocycles. The fraction of sp³-hybridized carbons (Fsp3) is 0.192. The standard InChI is InChI=1S/C13H12F5NO2S2.C12H12F5NOS2.C7H6F5NOS.C7H6F5NS2.C7H5F5O2S.C6H9BrO3.Al.Li.P4S10.4H/c1-8-11(7-12(20)21-2)19-13(22-8)9-3-5-10(6-4-9)23(14,15,16,17)18;1-8-11(6-7-19)18-12(20-8)9-2-4-10(5-3-9)21(13,14,15,16)17;3*8-15(9,10,11,12)6-3-1-5(2-4-6)7(13)14;1-4(7)5(8)3-6(9)10-2;;;5-1-4(2-6)3-8-10-12-14-13-11-9-7;;;;/h3-6H,7H2,1-2H3;2-5,19H,6-7H2,1H3;2*1-4H,(H2,13,14);1-4H,(H,13,14);4H,3H2,1-2H3;;;;;;;/q;;;;;;;+1;;;;;-1. The number of aliphatic hydroxyl groups is 1. The Kier molecular flexibility index (Phi) is 40.2. The Morgan fingerprint density at radius 3 is 1.12 bits per heavy atom. The Balaban J connectivity index is -0.00000130. The number of alkyl halides is 1. The van der Waals surface area contributed by atoms with Crippen molar-refractivity contribution in [2.24, 2.45) is 11.5 Å². The summed E-state index contributed by atoms with van der Waals surface area (Å²) in [7, 11) is -30.5. The van der Waals surface area contributed by atoms with Crippen molar-refractivity contribution in [2.45, 2.75) is 69.3 Å². The maximum atomic E-state index is 12.7. The van der Waals surface area contributed by atoms with Gasteiger partial charge in [0.2, 0.25) is 5.91 Å². The van der Waals surface area contributed by atoms with E-state index in [4.69, 9.17) is 56.5 Å². The number of carbonyl (C=O) groups is 5. The van der Waals surface area contributed by atoms with Crippen LogP contribution in [-0.2, 0) is 134 Å². The van der Waals surface area contributed by atoms with Gasteiger partial charge >= 0.3 is 87.9 Å². The number of aromatic nitrogens is 2. The third-order valence-electron chi connectivity index (χ3n) is 11.9. The van der Waals surface area contributed by atoms with E-state index >= 15 is 0 Å². The molecule has 7 rings (SSSR count). The first-order chi connectivity index (χ1) is 50.3. The van der Waals surface area contributed by atoms with Crippen molar-refractivity contribution < 1.29 is 161 Å². The number of ether oxygens (including phenoxy) is 2. The number of nitrogens with zero attached hydrogens (tertiary/aromatic N) is 2. The zero-order chi connectivity index (χ0) is 88.2. The number of aryl methyl sites for hydroxylation is 2. The molecule has 2 aromatic heterocycles. The van der Waals surface area contributed by atoms with Gasteiger partial charge in [-0.25, -0.2) is 14.8 Å². The number of ketones is 1. The number of carboxylic acids is 1. The quantitative estimate of drug-likeness (QED) is 0.0106. The molecule has 650 valence electrons. The molecule has 6 N–H and O–H groups in total. The van der Waals surface area contributed by atoms with Gasteiger partial charge in [-0.2, -0.15) is 0 Å². The van der Waals surface area contributed by atoms with E-state index in [1.165, 1.54) is 41.5 Å². The van der Waals surface area contributed by atoms with E-state index in [0.717, 1.165) is 66.7 Å². The minimum atomic E-state index is -9.68. The molecule has 0 bridgehead atoms. The number of methoxy groups -OCH3 is 2. The summed E-state index contributed by atoms with van der Waals surface area (Å²) in [6.07, 6.45) is 0.122. The number of hydrogen-bond acceptors (Lipinski definition) is 16. The molecule has 1 unspecified atom stereocenters. The number of benzene rings is 5. The molecule has 13 nitrogen and oxygen atoms in total. The number of carboxylic acid groups (broad SMARTS) is 1. The van der Waals surface area contributed by atoms with Gasteiger partial charge in [-0.15, -0.1) is 22.7 Å². The van der Waals surface area contributed by atoms with E-state index in [-0.39, 0.29) is 133 Å². The Bertz CT molecular complexity index is 4870. The molecule has 0 saturated heterocycles. The normalized spacial score (nSPS) is 14.8. The number of hydrogen-bond donors (Lipinski definition) is 4. The predicted octanol–water partition coefficient (Wildman–Crippen LogP) is 22.5. The second-order valence-electron chi connectivity index (χ2n) is 20.6. The largest absolute Gasteiger partial charge is 1.00 e. The number of esters is 2. The zero-order valence-corrected chi connectivity index (χ0v) is 76.6. The summed E-state index contributed by atoms with van der Waals surface area (Å²) in [5, 5.41) is 18.0. The van der Waals surface area contributed by atoms with Crippen LogP contribution in [0.25, 0.3) is 21.1 Å². The van der Waals surface area contributed by atoms with Crippen molar-refractivity contribution >= 4 is 280 Å². The van der Waals surface area contributed by atoms with Gasteiger partial charge in [-0.1, -0.05) is 185 Å². The van der Waals surface area contributed by atoms with Crippen molar-refractivity contribution in [3.8, 4) is 21.1 Å². The zero-order valence-electron chi connectivity index (χ0n) is 57.7. The van der Waals surface area contributed by atoms with E-state index in [1.807, 2.05) is 9.50 Å². The van der Waals surface area contributed by atoms with Crippen LogP contribution in [0.1, 0.15) is 62.2 Å². The van der Waals surface area contributed by atoms with Crippen molar-refractivity contribution in [3.05, 3.63) is 159 Å². The maximum Gasteiger partial charge on any atom is 1.00 e. The molecule has 0 saturated carbocycles. The van der Waals surface area contributed by atoms with Gasteiger partial charge in [0.1, 0.15) is 45.9 Å². The number of thiocarbonyl (C=S) groups is 1. The molecule has 0 radical (unpaired) electrons. The van der Waals surface area contributed by atoms with E-state index in [9.17, 15) is 121 Å². The molecular weight excluding hydrogens is 2110 g/mol. The number of carbonyl (C=O) groups excluding carboxylic acids is 4. The van der Waals surface area contributed by atoms with Gasteiger partial charge in [-0.3, -0.25) is 19.2 Å². The smallest absolute Gasteiger partial charge is 1.00 e. The molecule has 5 aromatic carbocycles. The van der Waals surface area contributed by atoms with Crippen molar-refractivity contribution in [1.29, 1.82) is 0 Å². The Morgan fingerprint density at radius 2 is 0.835 bits per heavy atom. The average molecular weight is 2170 g/mol. The van der Waals surface area contributed by atoms with Gasteiger partial charge in [-0.05, 0) is 180 Å². The van der Waals surface area contributed by atoms with Crippen molar-refractivity contribution in [2.75, 3.05) is 20.8 Å². The number of thiazole rings is 2. The molecule has 115 heavy (non-hydrogen) atoms. The Labute approximate surface area is 724 Å². The number of Topliss-reactive ketones (excluding diaryl/α,β-unsaturated/α-hetero) is 1. The Morgan fingerprint density at radius 1 is 0.530 bits per heavy atom. The molecule has 7 aromatic rings. The van der Waals surface area contributed by atoms with E-state index < -0.39 is 105 Å². The van der Waals surface area contributed by atoms with Gasteiger partial charge in [0, 0.05) is 66.2 Å². The van der Waals surface area contributed by atoms with Gasteiger partial charge < -0.3 is 32.6 Å². The summed E-state index contributed by atoms with van der Waals surface area (Å²) in [4.78, 5) is 52.7. The molecule has 1 amide bonds. The first-order valence-electron chi connectivity index (χ1n) is 27.7. The van der Waals surface area contributed by atoms with Gasteiger partial charge in [0.05, 0.1) is 49.4 Å². The van der Waals surface area contributed by atoms with Crippen LogP contribution in [0.3, 0.4) is 0 Å². The second-order valence-corrected chi connectivity index (χ2v) is 62.8. The number of halogens is 26. The van der Waals surface area contributed by atoms with Gasteiger partial charge in [0.25, 0.3) is 0 Å². The van der Waals surface area contributed by atoms with E-state index in [2.05, 4.69) is 47.6 Å². The van der Waals surface area contributed by atoms with Crippen LogP contribution in [-0.4, -0.2) is 97.8 Å². The molecule has 0 spiro atoms. The average Bonchev–Trinajstić information content (AvgIpc) is 0.921. The summed E-state index contributed by atoms with van der Waals surface area (Å²) in [5.74, 6) is -3.61. The molecule has 1 atom stereocenters. The van der Waals surface area contributed by atoms with Crippen LogP contribution in [0.15, 0.2) is 146 Å². The molecular formula is C52H54AlBrF25LiN4O9P4S18. The summed E-state index contributed by atoms with van der Waals surface area (Å²) in [5.41, 5.74) is 10.9. The van der Waals surface area contributed by atoms with Crippen LogP contribution in [0.5, 0.6) is 0 Å². The van der Waals surface area contributed by atoms with Crippen molar-refractivity contribution in [1.82, 2.24) is 9.97 Å². The number of aromatic carboxylic acids is 1. The van der Waals surface area contributed by atoms with Crippen LogP contribution in [0.4, 0.5) is 97.1 Å². The number of rotatable bonds is 20. The number of amides is 1. The van der Waals surface area contributed by atoms with E-state index in [1.54, 1.807) is 65.2 Å². The maximum absolute atomic E-state index is 12.7. The van der Waals surface area contributed by atoms with Crippen molar-refractivity contribution in [3.63, 3.8) is 0 Å². The van der Waals surface area contributed by atoms with Gasteiger partial charge in [0.15, 0.2) is 23.1 Å². The molecule has 63 heteroatoms. The molecule has 0 aliphatic rings. The fourth-order valence-electron chi connectivity index (χ4n) is 6.63. The topological polar surface area (TPSA) is 222 Å². The first-order valence-corrected chi connectivity index (χ1v) is 58.9. The minimum absolute atomic E-state index is 0. The molecule has 0 aliphatic carbocycles.